The minimum Gasteiger partial charge on any atom is -0.466 e. The van der Waals surface area contributed by atoms with Crippen molar-refractivity contribution in [2.75, 3.05) is 24.3 Å². The Morgan fingerprint density at radius 1 is 0.893 bits per heavy atom. The van der Waals surface area contributed by atoms with Crippen molar-refractivity contribution in [3.05, 3.63) is 65.9 Å². The smallest absolute Gasteiger partial charge is 0.354 e. The summed E-state index contributed by atoms with van der Waals surface area (Å²) in [4.78, 5) is 23.2. The predicted molar refractivity (Wildman–Crippen MR) is 104 cm³/mol. The molecule has 0 radical (unpaired) electrons. The van der Waals surface area contributed by atoms with Crippen LogP contribution in [0.15, 0.2) is 65.2 Å². The highest BCUT2D eigenvalue weighted by atomic mass is 32.2. The molecule has 2 N–H and O–H groups in total. The first-order valence-electron chi connectivity index (χ1n) is 8.09. The van der Waals surface area contributed by atoms with E-state index in [2.05, 4.69) is 19.5 Å². The molecule has 0 aromatic heterocycles. The summed E-state index contributed by atoms with van der Waals surface area (Å²) in [5, 5.41) is 2.70. The molecule has 0 fully saturated rings. The Bertz CT molecular complexity index is 980. The number of rotatable bonds is 7. The molecule has 148 valence electrons. The van der Waals surface area contributed by atoms with Gasteiger partial charge in [-0.15, -0.1) is 0 Å². The summed E-state index contributed by atoms with van der Waals surface area (Å²) in [6.45, 7) is 1.90. The first kappa shape index (κ1) is 21.0. The van der Waals surface area contributed by atoms with Gasteiger partial charge >= 0.3 is 11.9 Å². The van der Waals surface area contributed by atoms with Crippen LogP contribution in [0.25, 0.3) is 0 Å². The van der Waals surface area contributed by atoms with Crippen LogP contribution in [0.5, 0.6) is 0 Å². The van der Waals surface area contributed by atoms with Crippen molar-refractivity contribution in [1.29, 1.82) is 0 Å². The maximum atomic E-state index is 12.5. The Balaban J connectivity index is 2.19. The van der Waals surface area contributed by atoms with Gasteiger partial charge in [0.15, 0.2) is 0 Å². The minimum atomic E-state index is -3.77. The zero-order chi connectivity index (χ0) is 20.7. The number of anilines is 2. The van der Waals surface area contributed by atoms with E-state index in [0.29, 0.717) is 11.4 Å². The second kappa shape index (κ2) is 9.05. The molecule has 0 aliphatic rings. The van der Waals surface area contributed by atoms with Crippen LogP contribution in [0.3, 0.4) is 0 Å². The number of hydrogen-bond donors (Lipinski definition) is 2. The van der Waals surface area contributed by atoms with Crippen molar-refractivity contribution < 1.29 is 27.5 Å². The van der Waals surface area contributed by atoms with E-state index in [-0.39, 0.29) is 10.6 Å². The van der Waals surface area contributed by atoms with Crippen LogP contribution in [0.2, 0.25) is 0 Å². The summed E-state index contributed by atoms with van der Waals surface area (Å²) in [5.41, 5.74) is 1.69. The molecule has 9 heteroatoms. The molecule has 0 spiro atoms. The second-order valence-electron chi connectivity index (χ2n) is 5.69. The van der Waals surface area contributed by atoms with Gasteiger partial charge in [-0.1, -0.05) is 17.7 Å². The van der Waals surface area contributed by atoms with Crippen molar-refractivity contribution in [3.63, 3.8) is 0 Å². The van der Waals surface area contributed by atoms with Gasteiger partial charge in [-0.25, -0.2) is 18.0 Å². The number of hydrogen-bond acceptors (Lipinski definition) is 7. The standard InChI is InChI=1S/C19H20N2O6S/c1-13-4-6-15(7-5-13)21-28(24,25)16-10-8-14(9-11-16)20-17(19(23)27-3)12-18(22)26-2/h4-12,20-21H,1-3H3/b17-12+. The Labute approximate surface area is 163 Å². The van der Waals surface area contributed by atoms with E-state index in [1.807, 2.05) is 6.92 Å². The molecule has 0 saturated carbocycles. The van der Waals surface area contributed by atoms with E-state index in [1.165, 1.54) is 38.5 Å². The van der Waals surface area contributed by atoms with E-state index >= 15 is 0 Å². The lowest BCUT2D eigenvalue weighted by Gasteiger charge is -2.11. The molecule has 8 nitrogen and oxygen atoms in total. The number of methoxy groups -OCH3 is 2. The zero-order valence-electron chi connectivity index (χ0n) is 15.6. The van der Waals surface area contributed by atoms with Crippen LogP contribution < -0.4 is 10.0 Å². The summed E-state index contributed by atoms with van der Waals surface area (Å²) in [6.07, 6.45) is 0.940. The lowest BCUT2D eigenvalue weighted by molar-refractivity contribution is -0.138. The van der Waals surface area contributed by atoms with Crippen molar-refractivity contribution >= 4 is 33.3 Å². The molecule has 0 unspecified atom stereocenters. The van der Waals surface area contributed by atoms with Crippen LogP contribution in [-0.2, 0) is 29.1 Å². The lowest BCUT2D eigenvalue weighted by atomic mass is 10.2. The fraction of sp³-hybridized carbons (Fsp3) is 0.158. The Kier molecular flexibility index (Phi) is 6.78. The molecule has 2 aromatic rings. The molecular weight excluding hydrogens is 384 g/mol. The van der Waals surface area contributed by atoms with Gasteiger partial charge in [0.1, 0.15) is 5.70 Å². The third kappa shape index (κ3) is 5.58. The monoisotopic (exact) mass is 404 g/mol. The molecule has 0 atom stereocenters. The van der Waals surface area contributed by atoms with E-state index in [1.54, 1.807) is 24.3 Å². The number of benzene rings is 2. The van der Waals surface area contributed by atoms with Gasteiger partial charge in [-0.3, -0.25) is 4.72 Å². The van der Waals surface area contributed by atoms with Gasteiger partial charge < -0.3 is 14.8 Å². The van der Waals surface area contributed by atoms with Crippen LogP contribution in [0.4, 0.5) is 11.4 Å². The molecule has 0 aliphatic heterocycles. The highest BCUT2D eigenvalue weighted by Crippen LogP contribution is 2.19. The molecule has 0 saturated heterocycles. The first-order valence-corrected chi connectivity index (χ1v) is 9.58. The molecule has 0 amide bonds. The Hall–Kier alpha value is -3.33. The number of aryl methyl sites for hydroxylation is 1. The third-order valence-corrected chi connectivity index (χ3v) is 5.01. The van der Waals surface area contributed by atoms with Crippen LogP contribution in [0, 0.1) is 6.92 Å². The summed E-state index contributed by atoms with van der Waals surface area (Å²) < 4.78 is 36.5. The molecule has 0 bridgehead atoms. The maximum Gasteiger partial charge on any atom is 0.354 e. The van der Waals surface area contributed by atoms with Gasteiger partial charge in [-0.2, -0.15) is 0 Å². The Morgan fingerprint density at radius 2 is 1.46 bits per heavy atom. The average Bonchev–Trinajstić information content (AvgIpc) is 2.68. The minimum absolute atomic E-state index is 0.0372. The molecule has 28 heavy (non-hydrogen) atoms. The Morgan fingerprint density at radius 3 is 2.00 bits per heavy atom. The van der Waals surface area contributed by atoms with Crippen molar-refractivity contribution in [1.82, 2.24) is 0 Å². The molecule has 0 heterocycles. The molecule has 0 aliphatic carbocycles. The number of nitrogens with one attached hydrogen (secondary N) is 2. The average molecular weight is 404 g/mol. The third-order valence-electron chi connectivity index (χ3n) is 3.62. The van der Waals surface area contributed by atoms with Gasteiger partial charge in [0.25, 0.3) is 10.0 Å². The van der Waals surface area contributed by atoms with E-state index < -0.39 is 22.0 Å². The fourth-order valence-electron chi connectivity index (χ4n) is 2.14. The molecule has 2 rings (SSSR count). The van der Waals surface area contributed by atoms with Crippen LogP contribution in [0.1, 0.15) is 5.56 Å². The molecule has 2 aromatic carbocycles. The number of sulfonamides is 1. The highest BCUT2D eigenvalue weighted by molar-refractivity contribution is 7.92. The number of carbonyl (C=O) groups is 2. The van der Waals surface area contributed by atoms with Gasteiger partial charge in [0.2, 0.25) is 0 Å². The first-order chi connectivity index (χ1) is 13.2. The van der Waals surface area contributed by atoms with Crippen LogP contribution in [-0.4, -0.2) is 34.6 Å². The predicted octanol–water partition coefficient (Wildman–Crippen LogP) is 2.44. The quantitative estimate of drug-likeness (QED) is 0.539. The topological polar surface area (TPSA) is 111 Å². The maximum absolute atomic E-state index is 12.5. The van der Waals surface area contributed by atoms with E-state index in [0.717, 1.165) is 11.6 Å². The van der Waals surface area contributed by atoms with Crippen molar-refractivity contribution in [3.8, 4) is 0 Å². The van der Waals surface area contributed by atoms with E-state index in [4.69, 9.17) is 0 Å². The number of carbonyl (C=O) groups excluding carboxylic acids is 2. The molecular formula is C19H20N2O6S. The summed E-state index contributed by atoms with van der Waals surface area (Å²) >= 11 is 0. The summed E-state index contributed by atoms with van der Waals surface area (Å²) in [5.74, 6) is -1.52. The highest BCUT2D eigenvalue weighted by Gasteiger charge is 2.16. The van der Waals surface area contributed by atoms with Gasteiger partial charge in [0.05, 0.1) is 25.2 Å². The SMILES string of the molecule is COC(=O)/C=C(/Nc1ccc(S(=O)(=O)Nc2ccc(C)cc2)cc1)C(=O)OC. The van der Waals surface area contributed by atoms with Gasteiger partial charge in [-0.05, 0) is 43.3 Å². The summed E-state index contributed by atoms with van der Waals surface area (Å²) in [6, 6.07) is 12.6. The normalized spacial score (nSPS) is 11.5. The lowest BCUT2D eigenvalue weighted by Crippen LogP contribution is -2.16. The second-order valence-corrected chi connectivity index (χ2v) is 7.38. The zero-order valence-corrected chi connectivity index (χ0v) is 16.4. The van der Waals surface area contributed by atoms with Crippen molar-refractivity contribution in [2.45, 2.75) is 11.8 Å². The number of esters is 2. The fourth-order valence-corrected chi connectivity index (χ4v) is 3.20. The van der Waals surface area contributed by atoms with E-state index in [9.17, 15) is 18.0 Å². The largest absolute Gasteiger partial charge is 0.466 e. The number of ether oxygens (including phenoxy) is 2. The van der Waals surface area contributed by atoms with Crippen LogP contribution >= 0.6 is 0 Å². The summed E-state index contributed by atoms with van der Waals surface area (Å²) in [7, 11) is -1.43. The van der Waals surface area contributed by atoms with Crippen molar-refractivity contribution in [2.24, 2.45) is 0 Å². The van der Waals surface area contributed by atoms with Gasteiger partial charge in [0, 0.05) is 11.4 Å².